The van der Waals surface area contributed by atoms with Crippen LogP contribution in [0.3, 0.4) is 0 Å². The van der Waals surface area contributed by atoms with E-state index in [1.54, 1.807) is 24.3 Å². The third-order valence-electron chi connectivity index (χ3n) is 4.87. The van der Waals surface area contributed by atoms with Gasteiger partial charge in [-0.3, -0.25) is 9.59 Å². The fraction of sp³-hybridized carbons (Fsp3) is 0.280. The van der Waals surface area contributed by atoms with Crippen LogP contribution in [-0.2, 0) is 16.0 Å². The highest BCUT2D eigenvalue weighted by atomic mass is 16.3. The van der Waals surface area contributed by atoms with E-state index in [0.29, 0.717) is 12.3 Å². The van der Waals surface area contributed by atoms with Crippen molar-refractivity contribution in [3.63, 3.8) is 0 Å². The van der Waals surface area contributed by atoms with E-state index < -0.39 is 17.7 Å². The fourth-order valence-electron chi connectivity index (χ4n) is 3.02. The molecule has 1 saturated heterocycles. The molecule has 0 spiro atoms. The second-order valence-electron chi connectivity index (χ2n) is 7.42. The van der Waals surface area contributed by atoms with Gasteiger partial charge in [0, 0.05) is 6.42 Å². The van der Waals surface area contributed by atoms with Gasteiger partial charge >= 0.3 is 0 Å². The van der Waals surface area contributed by atoms with Crippen LogP contribution in [0.5, 0.6) is 5.75 Å². The first-order chi connectivity index (χ1) is 14.3. The van der Waals surface area contributed by atoms with Crippen molar-refractivity contribution >= 4 is 11.7 Å². The Hall–Kier alpha value is -3.34. The molecule has 1 aromatic rings. The van der Waals surface area contributed by atoms with Crippen LogP contribution in [0.1, 0.15) is 32.8 Å². The van der Waals surface area contributed by atoms with Crippen LogP contribution >= 0.6 is 0 Å². The van der Waals surface area contributed by atoms with Gasteiger partial charge in [0.1, 0.15) is 17.1 Å². The van der Waals surface area contributed by atoms with Crippen LogP contribution in [-0.4, -0.2) is 27.9 Å². The Kier molecular flexibility index (Phi) is 8.41. The largest absolute Gasteiger partial charge is 0.508 e. The Morgan fingerprint density at radius 1 is 1.10 bits per heavy atom. The molecule has 1 fully saturated rings. The Labute approximate surface area is 177 Å². The first-order valence-corrected chi connectivity index (χ1v) is 10.1. The third kappa shape index (κ3) is 6.62. The predicted octanol–water partition coefficient (Wildman–Crippen LogP) is 4.48. The lowest BCUT2D eigenvalue weighted by Crippen LogP contribution is -2.31. The molecule has 0 unspecified atom stereocenters. The monoisotopic (exact) mass is 407 g/mol. The van der Waals surface area contributed by atoms with Crippen LogP contribution in [0, 0.1) is 5.92 Å². The average molecular weight is 408 g/mol. The standard InChI is InChI=1S/C25H29NO4/c1-4-17(2)15-18(3)9-7-5-6-8-10-22(28)23-24(29)21(26-25(23)30)16-19-11-13-20(27)14-12-19/h5-15,17,21,27-28H,4,16H2,1-3H3,(H,26,30)/b6-5+,9-7+,10-8+,18-15+,23-22+/t17-,21+/m1/s1. The molecule has 0 aliphatic carbocycles. The zero-order valence-electron chi connectivity index (χ0n) is 17.6. The van der Waals surface area contributed by atoms with Crippen molar-refractivity contribution in [1.29, 1.82) is 0 Å². The second-order valence-corrected chi connectivity index (χ2v) is 7.42. The lowest BCUT2D eigenvalue weighted by atomic mass is 10.0. The summed E-state index contributed by atoms with van der Waals surface area (Å²) < 4.78 is 0. The number of benzene rings is 1. The molecule has 0 aromatic heterocycles. The summed E-state index contributed by atoms with van der Waals surface area (Å²) in [6.45, 7) is 6.36. The van der Waals surface area contributed by atoms with Crippen molar-refractivity contribution in [2.45, 2.75) is 39.7 Å². The summed E-state index contributed by atoms with van der Waals surface area (Å²) in [5.74, 6) is -0.707. The van der Waals surface area contributed by atoms with Gasteiger partial charge in [0.2, 0.25) is 0 Å². The van der Waals surface area contributed by atoms with Crippen molar-refractivity contribution < 1.29 is 19.8 Å². The summed E-state index contributed by atoms with van der Waals surface area (Å²) in [7, 11) is 0. The summed E-state index contributed by atoms with van der Waals surface area (Å²) in [5, 5.41) is 22.1. The molecule has 30 heavy (non-hydrogen) atoms. The molecule has 3 N–H and O–H groups in total. The molecule has 0 radical (unpaired) electrons. The molecule has 1 aromatic carbocycles. The van der Waals surface area contributed by atoms with E-state index >= 15 is 0 Å². The van der Waals surface area contributed by atoms with Crippen LogP contribution in [0.4, 0.5) is 0 Å². The van der Waals surface area contributed by atoms with Crippen LogP contribution in [0.25, 0.3) is 0 Å². The number of aliphatic hydroxyl groups excluding tert-OH is 1. The van der Waals surface area contributed by atoms with E-state index in [4.69, 9.17) is 0 Å². The van der Waals surface area contributed by atoms with E-state index in [1.165, 1.54) is 23.8 Å². The minimum absolute atomic E-state index is 0.133. The maximum Gasteiger partial charge on any atom is 0.259 e. The molecule has 0 bridgehead atoms. The number of amides is 1. The summed E-state index contributed by atoms with van der Waals surface area (Å²) in [4.78, 5) is 24.7. The van der Waals surface area contributed by atoms with E-state index in [0.717, 1.165) is 12.0 Å². The number of ketones is 1. The first-order valence-electron chi connectivity index (χ1n) is 10.1. The number of phenolic OH excluding ortho intramolecular Hbond substituents is 1. The number of carbonyl (C=O) groups excluding carboxylic acids is 2. The second kappa shape index (κ2) is 11.0. The van der Waals surface area contributed by atoms with E-state index in [1.807, 2.05) is 25.2 Å². The van der Waals surface area contributed by atoms with Crippen LogP contribution < -0.4 is 5.32 Å². The maximum absolute atomic E-state index is 12.5. The Morgan fingerprint density at radius 3 is 2.37 bits per heavy atom. The molecular formula is C25H29NO4. The lowest BCUT2D eigenvalue weighted by molar-refractivity contribution is -0.117. The third-order valence-corrected chi connectivity index (χ3v) is 4.87. The highest BCUT2D eigenvalue weighted by Gasteiger charge is 2.37. The number of nitrogens with one attached hydrogen (secondary N) is 1. The Morgan fingerprint density at radius 2 is 1.73 bits per heavy atom. The maximum atomic E-state index is 12.5. The summed E-state index contributed by atoms with van der Waals surface area (Å²) in [5.41, 5.74) is 1.75. The van der Waals surface area contributed by atoms with E-state index in [-0.39, 0.29) is 17.1 Å². The first kappa shape index (κ1) is 22.9. The molecule has 1 aliphatic heterocycles. The quantitative estimate of drug-likeness (QED) is 0.257. The number of Topliss-reactive ketones (excluding diaryl/α,β-unsaturated/α-hetero) is 1. The number of hydrogen-bond donors (Lipinski definition) is 3. The van der Waals surface area contributed by atoms with Crippen LogP contribution in [0.2, 0.25) is 0 Å². The lowest BCUT2D eigenvalue weighted by Gasteiger charge is -2.07. The van der Waals surface area contributed by atoms with Gasteiger partial charge in [0.05, 0.1) is 6.04 Å². The highest BCUT2D eigenvalue weighted by molar-refractivity contribution is 6.27. The van der Waals surface area contributed by atoms with Gasteiger partial charge in [-0.25, -0.2) is 0 Å². The minimum atomic E-state index is -0.730. The Balaban J connectivity index is 1.99. The number of aliphatic hydroxyl groups is 1. The van der Waals surface area contributed by atoms with Gasteiger partial charge in [-0.15, -0.1) is 0 Å². The number of hydrogen-bond acceptors (Lipinski definition) is 4. The van der Waals surface area contributed by atoms with Gasteiger partial charge in [-0.05, 0) is 36.6 Å². The molecule has 1 heterocycles. The molecule has 1 aliphatic rings. The minimum Gasteiger partial charge on any atom is -0.508 e. The smallest absolute Gasteiger partial charge is 0.259 e. The molecule has 5 heteroatoms. The number of phenols is 1. The number of carbonyl (C=O) groups is 2. The van der Waals surface area contributed by atoms with E-state index in [2.05, 4.69) is 25.2 Å². The topological polar surface area (TPSA) is 86.6 Å². The zero-order valence-corrected chi connectivity index (χ0v) is 17.6. The van der Waals surface area contributed by atoms with Gasteiger partial charge in [-0.2, -0.15) is 0 Å². The number of aromatic hydroxyl groups is 1. The SMILES string of the molecule is CC[C@@H](C)/C=C(C)/C=C/C=C/C=C/C(O)=C1\C(=O)N[C@@H](Cc2ccc(O)cc2)C1=O. The highest BCUT2D eigenvalue weighted by Crippen LogP contribution is 2.19. The molecule has 5 nitrogen and oxygen atoms in total. The van der Waals surface area contributed by atoms with E-state index in [9.17, 15) is 19.8 Å². The number of allylic oxidation sites excluding steroid dienone is 8. The van der Waals surface area contributed by atoms with Gasteiger partial charge in [0.15, 0.2) is 5.78 Å². The van der Waals surface area contributed by atoms with Gasteiger partial charge in [0.25, 0.3) is 5.91 Å². The average Bonchev–Trinajstić information content (AvgIpc) is 2.99. The molecule has 158 valence electrons. The van der Waals surface area contributed by atoms with Crippen molar-refractivity contribution in [2.24, 2.45) is 5.92 Å². The number of rotatable bonds is 8. The summed E-state index contributed by atoms with van der Waals surface area (Å²) in [6.07, 6.45) is 13.9. The summed E-state index contributed by atoms with van der Waals surface area (Å²) >= 11 is 0. The van der Waals surface area contributed by atoms with Crippen molar-refractivity contribution in [3.8, 4) is 5.75 Å². The van der Waals surface area contributed by atoms with Crippen molar-refractivity contribution in [2.75, 3.05) is 0 Å². The van der Waals surface area contributed by atoms with Gasteiger partial charge in [-0.1, -0.05) is 74.4 Å². The normalized spacial score (nSPS) is 20.5. The molecular weight excluding hydrogens is 378 g/mol. The molecule has 1 amide bonds. The van der Waals surface area contributed by atoms with Crippen molar-refractivity contribution in [1.82, 2.24) is 5.32 Å². The Bertz CT molecular complexity index is 917. The summed E-state index contributed by atoms with van der Waals surface area (Å²) in [6, 6.07) is 5.70. The molecule has 2 rings (SSSR count). The molecule has 2 atom stereocenters. The predicted molar refractivity (Wildman–Crippen MR) is 119 cm³/mol. The van der Waals surface area contributed by atoms with Gasteiger partial charge < -0.3 is 15.5 Å². The van der Waals surface area contributed by atoms with Crippen LogP contribution in [0.15, 0.2) is 83.7 Å². The molecule has 0 saturated carbocycles. The van der Waals surface area contributed by atoms with Crippen molar-refractivity contribution in [3.05, 3.63) is 89.3 Å². The zero-order chi connectivity index (χ0) is 22.1. The fourth-order valence-corrected chi connectivity index (χ4v) is 3.02.